The number of aromatic nitrogens is 2. The van der Waals surface area contributed by atoms with Crippen LogP contribution in [0.3, 0.4) is 0 Å². The highest BCUT2D eigenvalue weighted by atomic mass is 16.1. The largest absolute Gasteiger partial charge is 0.365 e. The summed E-state index contributed by atoms with van der Waals surface area (Å²) >= 11 is 0. The molecule has 1 aliphatic heterocycles. The molecule has 5 nitrogen and oxygen atoms in total. The molecule has 2 atom stereocenters. The molecular weight excluding hydrogens is 264 g/mol. The van der Waals surface area contributed by atoms with Gasteiger partial charge in [0.05, 0.1) is 11.6 Å². The number of piperidine rings is 1. The van der Waals surface area contributed by atoms with E-state index >= 15 is 0 Å². The SMILES string of the molecule is O=C1CCC(Nc2ncnc3ccccc23)C(C2CC2)N1. The summed E-state index contributed by atoms with van der Waals surface area (Å²) in [4.78, 5) is 20.3. The van der Waals surface area contributed by atoms with E-state index in [0.717, 1.165) is 23.1 Å². The second kappa shape index (κ2) is 4.98. The number of para-hydroxylation sites is 1. The van der Waals surface area contributed by atoms with Crippen LogP contribution in [-0.4, -0.2) is 28.0 Å². The molecule has 5 heteroatoms. The van der Waals surface area contributed by atoms with Gasteiger partial charge in [-0.05, 0) is 37.3 Å². The van der Waals surface area contributed by atoms with Gasteiger partial charge in [0.15, 0.2) is 0 Å². The maximum Gasteiger partial charge on any atom is 0.220 e. The second-order valence-electron chi connectivity index (χ2n) is 5.96. The topological polar surface area (TPSA) is 66.9 Å². The normalized spacial score (nSPS) is 25.6. The fraction of sp³-hybridized carbons (Fsp3) is 0.438. The zero-order chi connectivity index (χ0) is 14.2. The van der Waals surface area contributed by atoms with Crippen molar-refractivity contribution in [3.05, 3.63) is 30.6 Å². The lowest BCUT2D eigenvalue weighted by Crippen LogP contribution is -2.52. The van der Waals surface area contributed by atoms with Crippen molar-refractivity contribution >= 4 is 22.6 Å². The summed E-state index contributed by atoms with van der Waals surface area (Å²) in [6.07, 6.45) is 5.48. The Morgan fingerprint density at radius 2 is 2.00 bits per heavy atom. The molecule has 1 saturated heterocycles. The van der Waals surface area contributed by atoms with Gasteiger partial charge >= 0.3 is 0 Å². The van der Waals surface area contributed by atoms with E-state index in [1.807, 2.05) is 24.3 Å². The number of amides is 1. The van der Waals surface area contributed by atoms with Crippen molar-refractivity contribution in [1.29, 1.82) is 0 Å². The zero-order valence-electron chi connectivity index (χ0n) is 11.7. The molecule has 1 aromatic heterocycles. The summed E-state index contributed by atoms with van der Waals surface area (Å²) in [6, 6.07) is 8.49. The van der Waals surface area contributed by atoms with E-state index in [2.05, 4.69) is 20.6 Å². The molecule has 0 radical (unpaired) electrons. The summed E-state index contributed by atoms with van der Waals surface area (Å²) in [5, 5.41) is 7.74. The first-order chi connectivity index (χ1) is 10.3. The summed E-state index contributed by atoms with van der Waals surface area (Å²) in [6.45, 7) is 0. The average Bonchev–Trinajstić information content (AvgIpc) is 3.34. The third-order valence-corrected chi connectivity index (χ3v) is 4.44. The van der Waals surface area contributed by atoms with Crippen molar-refractivity contribution in [2.75, 3.05) is 5.32 Å². The molecule has 1 aliphatic carbocycles. The minimum atomic E-state index is 0.178. The van der Waals surface area contributed by atoms with Gasteiger partial charge in [-0.25, -0.2) is 9.97 Å². The molecular formula is C16H18N4O. The first-order valence-electron chi connectivity index (χ1n) is 7.57. The molecule has 4 rings (SSSR count). The molecule has 0 bridgehead atoms. The Balaban J connectivity index is 1.62. The van der Waals surface area contributed by atoms with Gasteiger partial charge in [-0.2, -0.15) is 0 Å². The van der Waals surface area contributed by atoms with Crippen molar-refractivity contribution < 1.29 is 4.79 Å². The molecule has 2 aliphatic rings. The predicted molar refractivity (Wildman–Crippen MR) is 80.8 cm³/mol. The lowest BCUT2D eigenvalue weighted by Gasteiger charge is -2.33. The number of anilines is 1. The number of rotatable bonds is 3. The Labute approximate surface area is 123 Å². The Bertz CT molecular complexity index is 678. The number of nitrogens with one attached hydrogen (secondary N) is 2. The number of carbonyl (C=O) groups is 1. The van der Waals surface area contributed by atoms with E-state index in [-0.39, 0.29) is 18.0 Å². The quantitative estimate of drug-likeness (QED) is 0.904. The molecule has 1 amide bonds. The number of hydrogen-bond acceptors (Lipinski definition) is 4. The van der Waals surface area contributed by atoms with Gasteiger partial charge in [-0.3, -0.25) is 4.79 Å². The van der Waals surface area contributed by atoms with Gasteiger partial charge < -0.3 is 10.6 Å². The summed E-state index contributed by atoms with van der Waals surface area (Å²) in [5.41, 5.74) is 0.942. The molecule has 1 aromatic carbocycles. The van der Waals surface area contributed by atoms with Crippen LogP contribution < -0.4 is 10.6 Å². The highest BCUT2D eigenvalue weighted by Gasteiger charge is 2.40. The van der Waals surface area contributed by atoms with Crippen LogP contribution in [0.4, 0.5) is 5.82 Å². The lowest BCUT2D eigenvalue weighted by atomic mass is 9.94. The fourth-order valence-corrected chi connectivity index (χ4v) is 3.18. The van der Waals surface area contributed by atoms with Crippen molar-refractivity contribution in [3.63, 3.8) is 0 Å². The first-order valence-corrected chi connectivity index (χ1v) is 7.57. The Morgan fingerprint density at radius 1 is 1.14 bits per heavy atom. The number of fused-ring (bicyclic) bond motifs is 1. The second-order valence-corrected chi connectivity index (χ2v) is 5.96. The van der Waals surface area contributed by atoms with Crippen LogP contribution in [0.5, 0.6) is 0 Å². The van der Waals surface area contributed by atoms with E-state index in [1.165, 1.54) is 12.8 Å². The van der Waals surface area contributed by atoms with Crippen molar-refractivity contribution in [2.24, 2.45) is 5.92 Å². The van der Waals surface area contributed by atoms with E-state index in [0.29, 0.717) is 12.3 Å². The summed E-state index contributed by atoms with van der Waals surface area (Å²) < 4.78 is 0. The fourth-order valence-electron chi connectivity index (χ4n) is 3.18. The van der Waals surface area contributed by atoms with Gasteiger partial charge in [0.1, 0.15) is 12.1 Å². The summed E-state index contributed by atoms with van der Waals surface area (Å²) in [5.74, 6) is 1.67. The molecule has 2 fully saturated rings. The van der Waals surface area contributed by atoms with E-state index < -0.39 is 0 Å². The van der Waals surface area contributed by atoms with Crippen molar-refractivity contribution in [3.8, 4) is 0 Å². The Hall–Kier alpha value is -2.17. The summed E-state index contributed by atoms with van der Waals surface area (Å²) in [7, 11) is 0. The highest BCUT2D eigenvalue weighted by molar-refractivity contribution is 5.89. The molecule has 2 aromatic rings. The van der Waals surface area contributed by atoms with Crippen LogP contribution in [0.2, 0.25) is 0 Å². The number of carbonyl (C=O) groups excluding carboxylic acids is 1. The van der Waals surface area contributed by atoms with Crippen LogP contribution in [0.15, 0.2) is 30.6 Å². The molecule has 21 heavy (non-hydrogen) atoms. The number of nitrogens with zero attached hydrogens (tertiary/aromatic N) is 2. The van der Waals surface area contributed by atoms with E-state index in [9.17, 15) is 4.79 Å². The smallest absolute Gasteiger partial charge is 0.220 e. The molecule has 2 heterocycles. The van der Waals surface area contributed by atoms with E-state index in [1.54, 1.807) is 6.33 Å². The van der Waals surface area contributed by atoms with Crippen molar-refractivity contribution in [1.82, 2.24) is 15.3 Å². The monoisotopic (exact) mass is 282 g/mol. The molecule has 2 N–H and O–H groups in total. The molecule has 0 spiro atoms. The Morgan fingerprint density at radius 3 is 2.86 bits per heavy atom. The number of benzene rings is 1. The van der Waals surface area contributed by atoms with E-state index in [4.69, 9.17) is 0 Å². The minimum absolute atomic E-state index is 0.178. The van der Waals surface area contributed by atoms with Crippen LogP contribution in [0.25, 0.3) is 10.9 Å². The van der Waals surface area contributed by atoms with Gasteiger partial charge in [0.2, 0.25) is 5.91 Å². The van der Waals surface area contributed by atoms with Crippen LogP contribution in [0, 0.1) is 5.92 Å². The Kier molecular flexibility index (Phi) is 2.98. The zero-order valence-corrected chi connectivity index (χ0v) is 11.7. The van der Waals surface area contributed by atoms with Gasteiger partial charge in [-0.1, -0.05) is 12.1 Å². The maximum absolute atomic E-state index is 11.7. The first kappa shape index (κ1) is 12.6. The predicted octanol–water partition coefficient (Wildman–Crippen LogP) is 2.10. The minimum Gasteiger partial charge on any atom is -0.365 e. The lowest BCUT2D eigenvalue weighted by molar-refractivity contribution is -0.123. The molecule has 108 valence electrons. The van der Waals surface area contributed by atoms with Crippen LogP contribution in [-0.2, 0) is 4.79 Å². The van der Waals surface area contributed by atoms with Crippen molar-refractivity contribution in [2.45, 2.75) is 37.8 Å². The standard InChI is InChI=1S/C16H18N4O/c21-14-8-7-13(15(20-14)10-5-6-10)19-16-11-3-1-2-4-12(11)17-9-18-16/h1-4,9-10,13,15H,5-8H2,(H,20,21)(H,17,18,19). The average molecular weight is 282 g/mol. The van der Waals surface area contributed by atoms with Gasteiger partial charge in [0, 0.05) is 17.8 Å². The number of hydrogen-bond donors (Lipinski definition) is 2. The third-order valence-electron chi connectivity index (χ3n) is 4.44. The maximum atomic E-state index is 11.7. The van der Waals surface area contributed by atoms with Gasteiger partial charge in [0.25, 0.3) is 0 Å². The molecule has 2 unspecified atom stereocenters. The highest BCUT2D eigenvalue weighted by Crippen LogP contribution is 2.37. The van der Waals surface area contributed by atoms with Crippen LogP contribution in [0.1, 0.15) is 25.7 Å². The van der Waals surface area contributed by atoms with Gasteiger partial charge in [-0.15, -0.1) is 0 Å². The van der Waals surface area contributed by atoms with Crippen LogP contribution >= 0.6 is 0 Å². The molecule has 1 saturated carbocycles. The third kappa shape index (κ3) is 2.44.